The van der Waals surface area contributed by atoms with E-state index in [-0.39, 0.29) is 24.0 Å². The average Bonchev–Trinajstić information content (AvgIpc) is 2.71. The summed E-state index contributed by atoms with van der Waals surface area (Å²) >= 11 is 0. The average molecular weight is 249 g/mol. The van der Waals surface area contributed by atoms with Crippen molar-refractivity contribution in [2.75, 3.05) is 13.1 Å². The molecule has 2 N–H and O–H groups in total. The first-order chi connectivity index (χ1) is 6.80. The van der Waals surface area contributed by atoms with Crippen molar-refractivity contribution in [3.05, 3.63) is 0 Å². The highest BCUT2D eigenvalue weighted by Crippen LogP contribution is 2.47. The Kier molecular flexibility index (Phi) is 3.46. The molecule has 94 valence electrons. The number of fused-ring (bicyclic) bond motifs is 1. The molecule has 1 amide bonds. The summed E-state index contributed by atoms with van der Waals surface area (Å²) in [6.45, 7) is 7.10. The van der Waals surface area contributed by atoms with Crippen molar-refractivity contribution in [2.24, 2.45) is 11.7 Å². The van der Waals surface area contributed by atoms with Gasteiger partial charge in [-0.05, 0) is 39.5 Å². The highest BCUT2D eigenvalue weighted by molar-refractivity contribution is 5.85. The quantitative estimate of drug-likeness (QED) is 0.711. The Hall–Kier alpha value is -0.480. The minimum absolute atomic E-state index is 0. The van der Waals surface area contributed by atoms with Crippen molar-refractivity contribution < 1.29 is 9.53 Å². The fraction of sp³-hybridized carbons (Fsp3) is 0.909. The monoisotopic (exact) mass is 248 g/mol. The summed E-state index contributed by atoms with van der Waals surface area (Å²) in [4.78, 5) is 13.5. The lowest BCUT2D eigenvalue weighted by molar-refractivity contribution is 0.0194. The third-order valence-corrected chi connectivity index (χ3v) is 3.16. The molecule has 5 heteroatoms. The van der Waals surface area contributed by atoms with E-state index in [0.717, 1.165) is 19.4 Å². The number of rotatable bonds is 0. The Balaban J connectivity index is 0.00000128. The smallest absolute Gasteiger partial charge is 0.410 e. The molecule has 0 aromatic heterocycles. The second kappa shape index (κ2) is 4.08. The third-order valence-electron chi connectivity index (χ3n) is 3.16. The van der Waals surface area contributed by atoms with Crippen LogP contribution in [0.25, 0.3) is 0 Å². The number of halogens is 1. The zero-order valence-electron chi connectivity index (χ0n) is 10.2. The molecule has 16 heavy (non-hydrogen) atoms. The van der Waals surface area contributed by atoms with Gasteiger partial charge in [0.05, 0.1) is 0 Å². The first-order valence-corrected chi connectivity index (χ1v) is 5.57. The number of piperidine rings is 1. The summed E-state index contributed by atoms with van der Waals surface area (Å²) < 4.78 is 5.32. The van der Waals surface area contributed by atoms with Gasteiger partial charge < -0.3 is 15.4 Å². The van der Waals surface area contributed by atoms with Gasteiger partial charge in [0.25, 0.3) is 0 Å². The van der Waals surface area contributed by atoms with Crippen LogP contribution in [0.2, 0.25) is 0 Å². The maximum Gasteiger partial charge on any atom is 0.410 e. The Morgan fingerprint density at radius 1 is 1.50 bits per heavy atom. The Morgan fingerprint density at radius 3 is 2.62 bits per heavy atom. The van der Waals surface area contributed by atoms with Crippen LogP contribution in [0.15, 0.2) is 0 Å². The minimum Gasteiger partial charge on any atom is -0.444 e. The summed E-state index contributed by atoms with van der Waals surface area (Å²) in [5.41, 5.74) is 5.57. The predicted molar refractivity (Wildman–Crippen MR) is 64.7 cm³/mol. The molecular formula is C11H21ClN2O2. The van der Waals surface area contributed by atoms with Crippen molar-refractivity contribution in [1.82, 2.24) is 4.90 Å². The molecule has 2 atom stereocenters. The molecule has 2 unspecified atom stereocenters. The minimum atomic E-state index is -0.417. The number of hydrogen-bond acceptors (Lipinski definition) is 3. The summed E-state index contributed by atoms with van der Waals surface area (Å²) in [5, 5.41) is 0. The van der Waals surface area contributed by atoms with Crippen LogP contribution in [-0.2, 0) is 4.74 Å². The van der Waals surface area contributed by atoms with Crippen LogP contribution in [0.5, 0.6) is 0 Å². The Morgan fingerprint density at radius 2 is 2.12 bits per heavy atom. The van der Waals surface area contributed by atoms with E-state index in [4.69, 9.17) is 10.5 Å². The fourth-order valence-corrected chi connectivity index (χ4v) is 2.21. The molecule has 1 aliphatic carbocycles. The number of carbonyl (C=O) groups is 1. The van der Waals surface area contributed by atoms with Gasteiger partial charge in [0.2, 0.25) is 0 Å². The number of amides is 1. The Bertz CT molecular complexity index is 290. The first kappa shape index (κ1) is 13.6. The van der Waals surface area contributed by atoms with Crippen LogP contribution in [0.1, 0.15) is 33.6 Å². The van der Waals surface area contributed by atoms with Crippen LogP contribution in [0.4, 0.5) is 4.79 Å². The molecule has 1 saturated carbocycles. The van der Waals surface area contributed by atoms with E-state index in [2.05, 4.69) is 0 Å². The van der Waals surface area contributed by atoms with E-state index < -0.39 is 5.60 Å². The predicted octanol–water partition coefficient (Wildman–Crippen LogP) is 1.77. The third kappa shape index (κ3) is 2.80. The number of nitrogens with zero attached hydrogens (tertiary/aromatic N) is 1. The lowest BCUT2D eigenvalue weighted by Crippen LogP contribution is -2.49. The lowest BCUT2D eigenvalue weighted by Gasteiger charge is -2.32. The van der Waals surface area contributed by atoms with Gasteiger partial charge in [-0.25, -0.2) is 4.79 Å². The van der Waals surface area contributed by atoms with Gasteiger partial charge in [-0.1, -0.05) is 0 Å². The van der Waals surface area contributed by atoms with Gasteiger partial charge in [-0.3, -0.25) is 0 Å². The van der Waals surface area contributed by atoms with Gasteiger partial charge >= 0.3 is 6.09 Å². The number of ether oxygens (including phenoxy) is 1. The van der Waals surface area contributed by atoms with Gasteiger partial charge in [0.15, 0.2) is 0 Å². The van der Waals surface area contributed by atoms with Crippen molar-refractivity contribution >= 4 is 18.5 Å². The summed E-state index contributed by atoms with van der Waals surface area (Å²) in [6, 6.07) is 0. The van der Waals surface area contributed by atoms with Crippen LogP contribution >= 0.6 is 12.4 Å². The zero-order chi connectivity index (χ0) is 11.3. The second-order valence-electron chi connectivity index (χ2n) is 5.82. The van der Waals surface area contributed by atoms with E-state index in [1.165, 1.54) is 0 Å². The molecule has 2 aliphatic rings. The van der Waals surface area contributed by atoms with E-state index in [1.54, 1.807) is 4.90 Å². The van der Waals surface area contributed by atoms with Gasteiger partial charge in [0, 0.05) is 18.6 Å². The van der Waals surface area contributed by atoms with Crippen molar-refractivity contribution in [3.8, 4) is 0 Å². The molecule has 1 saturated heterocycles. The fourth-order valence-electron chi connectivity index (χ4n) is 2.21. The molecule has 0 aromatic carbocycles. The van der Waals surface area contributed by atoms with E-state index >= 15 is 0 Å². The Labute approximate surface area is 103 Å². The summed E-state index contributed by atoms with van der Waals surface area (Å²) in [7, 11) is 0. The number of likely N-dealkylation sites (tertiary alicyclic amines) is 1. The largest absolute Gasteiger partial charge is 0.444 e. The second-order valence-corrected chi connectivity index (χ2v) is 5.82. The van der Waals surface area contributed by atoms with E-state index in [1.807, 2.05) is 20.8 Å². The first-order valence-electron chi connectivity index (χ1n) is 5.57. The number of nitrogens with two attached hydrogens (primary N) is 1. The molecule has 2 rings (SSSR count). The van der Waals surface area contributed by atoms with Crippen molar-refractivity contribution in [1.29, 1.82) is 0 Å². The van der Waals surface area contributed by atoms with Crippen LogP contribution in [-0.4, -0.2) is 35.2 Å². The molecular weight excluding hydrogens is 228 g/mol. The molecule has 0 spiro atoms. The zero-order valence-corrected chi connectivity index (χ0v) is 11.0. The normalized spacial score (nSPS) is 32.5. The standard InChI is InChI=1S/C11H20N2O2.ClH/c1-10(2,3)15-9(14)13-5-4-8-6-11(8,12)7-13;/h8H,4-7,12H2,1-3H3;1H. The molecule has 0 radical (unpaired) electrons. The maximum absolute atomic E-state index is 11.8. The lowest BCUT2D eigenvalue weighted by atomic mass is 10.1. The highest BCUT2D eigenvalue weighted by atomic mass is 35.5. The molecule has 0 bridgehead atoms. The van der Waals surface area contributed by atoms with Crippen LogP contribution in [0.3, 0.4) is 0 Å². The number of hydrogen-bond donors (Lipinski definition) is 1. The molecule has 1 heterocycles. The van der Waals surface area contributed by atoms with Gasteiger partial charge in [0.1, 0.15) is 5.60 Å². The molecule has 4 nitrogen and oxygen atoms in total. The number of carbonyl (C=O) groups excluding carboxylic acids is 1. The van der Waals surface area contributed by atoms with Crippen molar-refractivity contribution in [2.45, 2.75) is 44.8 Å². The van der Waals surface area contributed by atoms with Gasteiger partial charge in [-0.15, -0.1) is 12.4 Å². The molecule has 0 aromatic rings. The summed E-state index contributed by atoms with van der Waals surface area (Å²) in [6.07, 6.45) is 1.86. The van der Waals surface area contributed by atoms with Gasteiger partial charge in [-0.2, -0.15) is 0 Å². The molecule has 1 aliphatic heterocycles. The molecule has 2 fully saturated rings. The SMILES string of the molecule is CC(C)(C)OC(=O)N1CCC2CC2(N)C1.Cl. The van der Waals surface area contributed by atoms with Crippen molar-refractivity contribution in [3.63, 3.8) is 0 Å². The van der Waals surface area contributed by atoms with Crippen LogP contribution in [0, 0.1) is 5.92 Å². The topological polar surface area (TPSA) is 55.6 Å². The highest BCUT2D eigenvalue weighted by Gasteiger charge is 2.55. The van der Waals surface area contributed by atoms with E-state index in [0.29, 0.717) is 12.5 Å². The maximum atomic E-state index is 11.8. The van der Waals surface area contributed by atoms with Crippen LogP contribution < -0.4 is 5.73 Å². The van der Waals surface area contributed by atoms with E-state index in [9.17, 15) is 4.79 Å². The summed E-state index contributed by atoms with van der Waals surface area (Å²) in [5.74, 6) is 0.635.